The average Bonchev–Trinajstić information content (AvgIpc) is 1.88. The number of nitrogens with zero attached hydrogens (tertiary/aromatic N) is 1. The van der Waals surface area contributed by atoms with Gasteiger partial charge in [0, 0.05) is 12.5 Å². The van der Waals surface area contributed by atoms with Crippen LogP contribution in [0.5, 0.6) is 0 Å². The zero-order valence-electron chi connectivity index (χ0n) is 6.46. The van der Waals surface area contributed by atoms with Gasteiger partial charge in [0.25, 0.3) is 5.72 Å². The van der Waals surface area contributed by atoms with Gasteiger partial charge in [0.1, 0.15) is 0 Å². The maximum atomic E-state index is 7.61. The van der Waals surface area contributed by atoms with Crippen molar-refractivity contribution >= 4 is 0 Å². The average molecular weight is 146 g/mol. The molecule has 0 fully saturated rings. The summed E-state index contributed by atoms with van der Waals surface area (Å²) in [4.78, 5) is 0. The van der Waals surface area contributed by atoms with E-state index >= 15 is 0 Å². The lowest BCUT2D eigenvalue weighted by molar-refractivity contribution is -0.0738. The largest absolute Gasteiger partial charge is 0.424 e. The number of allylic oxidation sites excluding steroid dienone is 1. The van der Waals surface area contributed by atoms with Gasteiger partial charge >= 0.3 is 0 Å². The van der Waals surface area contributed by atoms with E-state index in [0.717, 1.165) is 5.12 Å². The number of rotatable bonds is 3. The molecule has 60 valence electrons. The van der Waals surface area contributed by atoms with Gasteiger partial charge in [-0.3, -0.25) is 0 Å². The van der Waals surface area contributed by atoms with Gasteiger partial charge < -0.3 is 5.11 Å². The normalized spacial score (nSPS) is 18.2. The number of hydrogen-bond donors (Lipinski definition) is 2. The van der Waals surface area contributed by atoms with Gasteiger partial charge in [-0.15, -0.1) is 5.12 Å². The topological polar surface area (TPSA) is 78.2 Å². The quantitative estimate of drug-likeness (QED) is 0.184. The Morgan fingerprint density at radius 2 is 2.10 bits per heavy atom. The molecule has 0 bridgehead atoms. The molecule has 4 heteroatoms. The molecule has 0 radical (unpaired) electrons. The van der Waals surface area contributed by atoms with Crippen molar-refractivity contribution in [3.05, 3.63) is 12.2 Å². The fourth-order valence-corrected chi connectivity index (χ4v) is 0.662. The van der Waals surface area contributed by atoms with Crippen molar-refractivity contribution in [2.75, 3.05) is 0 Å². The van der Waals surface area contributed by atoms with Crippen LogP contribution in [0.3, 0.4) is 0 Å². The summed E-state index contributed by atoms with van der Waals surface area (Å²) < 4.78 is 0. The SMILES string of the molecule is C/C=C\C([OH2+])(CC)N(N)N. The number of hydrogen-bond acceptors (Lipinski definition) is 3. The molecule has 0 rings (SSSR count). The van der Waals surface area contributed by atoms with Crippen molar-refractivity contribution in [1.29, 1.82) is 0 Å². The van der Waals surface area contributed by atoms with Crippen LogP contribution in [0.2, 0.25) is 0 Å². The second-order valence-electron chi connectivity index (χ2n) is 2.19. The summed E-state index contributed by atoms with van der Waals surface area (Å²) in [6, 6.07) is 0. The van der Waals surface area contributed by atoms with E-state index in [1.165, 1.54) is 0 Å². The van der Waals surface area contributed by atoms with E-state index in [1.807, 2.05) is 13.8 Å². The van der Waals surface area contributed by atoms with Gasteiger partial charge in [-0.1, -0.05) is 13.0 Å². The van der Waals surface area contributed by atoms with Crippen molar-refractivity contribution in [2.24, 2.45) is 11.7 Å². The van der Waals surface area contributed by atoms with Crippen LogP contribution >= 0.6 is 0 Å². The Labute approximate surface area is 61.0 Å². The number of hydrazine groups is 2. The molecule has 1 unspecified atom stereocenters. The molecule has 0 aliphatic rings. The Kier molecular flexibility index (Phi) is 3.52. The maximum Gasteiger partial charge on any atom is 0.267 e. The molecule has 4 nitrogen and oxygen atoms in total. The second kappa shape index (κ2) is 3.68. The molecule has 0 aromatic rings. The molecule has 0 aliphatic carbocycles. The first-order valence-corrected chi connectivity index (χ1v) is 3.25. The van der Waals surface area contributed by atoms with Gasteiger partial charge in [0.05, 0.1) is 0 Å². The maximum absolute atomic E-state index is 7.61. The lowest BCUT2D eigenvalue weighted by atomic mass is 10.1. The fourth-order valence-electron chi connectivity index (χ4n) is 0.662. The van der Waals surface area contributed by atoms with Crippen molar-refractivity contribution in [1.82, 2.24) is 5.12 Å². The lowest BCUT2D eigenvalue weighted by Gasteiger charge is -2.23. The minimum Gasteiger partial charge on any atom is -0.424 e. The molecule has 6 N–H and O–H groups in total. The molecule has 0 saturated carbocycles. The van der Waals surface area contributed by atoms with E-state index in [2.05, 4.69) is 0 Å². The lowest BCUT2D eigenvalue weighted by Crippen LogP contribution is -2.55. The molecular formula is C6H16N3O+. The summed E-state index contributed by atoms with van der Waals surface area (Å²) in [6.07, 6.45) is 4.00. The predicted molar refractivity (Wildman–Crippen MR) is 41.7 cm³/mol. The van der Waals surface area contributed by atoms with E-state index in [-0.39, 0.29) is 0 Å². The van der Waals surface area contributed by atoms with Crippen LogP contribution in [0, 0.1) is 0 Å². The summed E-state index contributed by atoms with van der Waals surface area (Å²) >= 11 is 0. The minimum atomic E-state index is -0.950. The Morgan fingerprint density at radius 1 is 1.60 bits per heavy atom. The Morgan fingerprint density at radius 3 is 2.20 bits per heavy atom. The van der Waals surface area contributed by atoms with E-state index in [0.29, 0.717) is 6.42 Å². The zero-order chi connectivity index (χ0) is 8.20. The van der Waals surface area contributed by atoms with Gasteiger partial charge in [0.15, 0.2) is 0 Å². The highest BCUT2D eigenvalue weighted by Gasteiger charge is 2.30. The molecule has 0 heterocycles. The molecule has 0 amide bonds. The van der Waals surface area contributed by atoms with Gasteiger partial charge in [-0.05, 0) is 6.92 Å². The summed E-state index contributed by atoms with van der Waals surface area (Å²) in [5, 5.41) is 8.52. The van der Waals surface area contributed by atoms with E-state index < -0.39 is 5.72 Å². The van der Waals surface area contributed by atoms with Crippen LogP contribution in [0.25, 0.3) is 0 Å². The van der Waals surface area contributed by atoms with E-state index in [1.54, 1.807) is 12.2 Å². The summed E-state index contributed by atoms with van der Waals surface area (Å²) in [5.41, 5.74) is -0.950. The Hall–Kier alpha value is -0.420. The highest BCUT2D eigenvalue weighted by atomic mass is 16.3. The van der Waals surface area contributed by atoms with Crippen LogP contribution < -0.4 is 11.7 Å². The first kappa shape index (κ1) is 9.58. The van der Waals surface area contributed by atoms with Crippen molar-refractivity contribution in [3.8, 4) is 0 Å². The van der Waals surface area contributed by atoms with Crippen LogP contribution in [0.1, 0.15) is 20.3 Å². The predicted octanol–water partition coefficient (Wildman–Crippen LogP) is -0.557. The van der Waals surface area contributed by atoms with Gasteiger partial charge in [-0.2, -0.15) is 0 Å². The van der Waals surface area contributed by atoms with Crippen molar-refractivity contribution < 1.29 is 5.11 Å². The second-order valence-corrected chi connectivity index (χ2v) is 2.19. The summed E-state index contributed by atoms with van der Waals surface area (Å²) in [5.74, 6) is 10.5. The smallest absolute Gasteiger partial charge is 0.267 e. The highest BCUT2D eigenvalue weighted by molar-refractivity contribution is 4.95. The third kappa shape index (κ3) is 2.07. The van der Waals surface area contributed by atoms with E-state index in [9.17, 15) is 0 Å². The standard InChI is InChI=1S/C6H15N3O/c1-3-5-6(10,4-2)9(7)8/h3,5,10H,4,7-8H2,1-2H3/p+1/b5-3-. The molecule has 10 heavy (non-hydrogen) atoms. The van der Waals surface area contributed by atoms with E-state index in [4.69, 9.17) is 16.8 Å². The van der Waals surface area contributed by atoms with Gasteiger partial charge in [-0.25, -0.2) is 11.7 Å². The first-order chi connectivity index (χ1) is 4.56. The molecule has 0 aliphatic heterocycles. The Balaban J connectivity index is 4.22. The minimum absolute atomic E-state index is 0.574. The van der Waals surface area contributed by atoms with Gasteiger partial charge in [0.2, 0.25) is 0 Å². The number of nitrogens with two attached hydrogens (primary N) is 2. The molecule has 0 saturated heterocycles. The van der Waals surface area contributed by atoms with Crippen LogP contribution in [0.15, 0.2) is 12.2 Å². The zero-order valence-corrected chi connectivity index (χ0v) is 6.46. The highest BCUT2D eigenvalue weighted by Crippen LogP contribution is 2.10. The van der Waals surface area contributed by atoms with Crippen LogP contribution in [-0.4, -0.2) is 15.9 Å². The fraction of sp³-hybridized carbons (Fsp3) is 0.667. The van der Waals surface area contributed by atoms with Crippen LogP contribution in [0.4, 0.5) is 0 Å². The van der Waals surface area contributed by atoms with Crippen molar-refractivity contribution in [3.63, 3.8) is 0 Å². The monoisotopic (exact) mass is 146 g/mol. The third-order valence-corrected chi connectivity index (χ3v) is 1.44. The summed E-state index contributed by atoms with van der Waals surface area (Å²) in [6.45, 7) is 3.70. The Bertz CT molecular complexity index is 124. The van der Waals surface area contributed by atoms with Crippen LogP contribution in [-0.2, 0) is 0 Å². The molecule has 0 aromatic heterocycles. The molecule has 1 atom stereocenters. The third-order valence-electron chi connectivity index (χ3n) is 1.44. The molecule has 0 aromatic carbocycles. The first-order valence-electron chi connectivity index (χ1n) is 3.25. The van der Waals surface area contributed by atoms with Crippen molar-refractivity contribution in [2.45, 2.75) is 26.0 Å². The molecular weight excluding hydrogens is 130 g/mol. The summed E-state index contributed by atoms with van der Waals surface area (Å²) in [7, 11) is 0. The molecule has 0 spiro atoms.